The van der Waals surface area contributed by atoms with Crippen molar-refractivity contribution in [3.8, 4) is 0 Å². The quantitative estimate of drug-likeness (QED) is 0.652. The molecule has 0 radical (unpaired) electrons. The number of hydrogen-bond acceptors (Lipinski definition) is 2. The summed E-state index contributed by atoms with van der Waals surface area (Å²) in [4.78, 5) is 6.39. The van der Waals surface area contributed by atoms with Gasteiger partial charge in [0, 0.05) is 36.2 Å². The van der Waals surface area contributed by atoms with Crippen LogP contribution < -0.4 is 5.32 Å². The minimum Gasteiger partial charge on any atom is -0.357 e. The van der Waals surface area contributed by atoms with Crippen LogP contribution in [0.25, 0.3) is 10.9 Å². The van der Waals surface area contributed by atoms with E-state index in [4.69, 9.17) is 0 Å². The predicted octanol–water partition coefficient (Wildman–Crippen LogP) is 4.65. The summed E-state index contributed by atoms with van der Waals surface area (Å²) in [5, 5.41) is 5.31. The molecule has 0 bridgehead atoms. The Morgan fingerprint density at radius 2 is 1.74 bits per heavy atom. The molecule has 0 amide bonds. The fraction of sp³-hybridized carbons (Fsp3) is 0.364. The van der Waals surface area contributed by atoms with Gasteiger partial charge in [0.15, 0.2) is 0 Å². The van der Waals surface area contributed by atoms with Gasteiger partial charge in [0.2, 0.25) is 0 Å². The highest BCUT2D eigenvalue weighted by Crippen LogP contribution is 2.39. The molecule has 1 atom stereocenters. The second-order valence-electron chi connectivity index (χ2n) is 7.58. The number of hydrogen-bond donors (Lipinski definition) is 2. The molecule has 2 N–H and O–H groups in total. The summed E-state index contributed by atoms with van der Waals surface area (Å²) in [7, 11) is 0. The van der Waals surface area contributed by atoms with Gasteiger partial charge in [-0.15, -0.1) is 24.8 Å². The average molecular weight is 404 g/mol. The predicted molar refractivity (Wildman–Crippen MR) is 117 cm³/mol. The maximum atomic E-state index is 3.89. The number of nitrogens with one attached hydrogen (secondary N) is 2. The lowest BCUT2D eigenvalue weighted by molar-refractivity contribution is 0.107. The van der Waals surface area contributed by atoms with Crippen LogP contribution in [-0.2, 0) is 18.5 Å². The van der Waals surface area contributed by atoms with Gasteiger partial charge in [0.1, 0.15) is 0 Å². The Bertz CT molecular complexity index is 893. The Balaban J connectivity index is 0.00000105. The molecule has 144 valence electrons. The first-order valence-electron chi connectivity index (χ1n) is 9.45. The second kappa shape index (κ2) is 8.24. The van der Waals surface area contributed by atoms with Crippen LogP contribution in [-0.4, -0.2) is 29.5 Å². The zero-order valence-electron chi connectivity index (χ0n) is 15.4. The number of halogens is 2. The van der Waals surface area contributed by atoms with Crippen LogP contribution in [0.1, 0.15) is 29.7 Å². The molecule has 5 rings (SSSR count). The molecule has 0 saturated carbocycles. The number of nitrogens with zero attached hydrogens (tertiary/aromatic N) is 1. The van der Waals surface area contributed by atoms with E-state index in [1.54, 1.807) is 0 Å². The summed E-state index contributed by atoms with van der Waals surface area (Å²) in [5.41, 5.74) is 5.76. The van der Waals surface area contributed by atoms with E-state index in [2.05, 4.69) is 69.8 Å². The van der Waals surface area contributed by atoms with E-state index in [9.17, 15) is 0 Å². The molecule has 1 saturated heterocycles. The largest absolute Gasteiger partial charge is 0.357 e. The van der Waals surface area contributed by atoms with E-state index in [1.165, 1.54) is 47.1 Å². The summed E-state index contributed by atoms with van der Waals surface area (Å²) >= 11 is 0. The van der Waals surface area contributed by atoms with Gasteiger partial charge in [0.25, 0.3) is 0 Å². The van der Waals surface area contributed by atoms with Crippen molar-refractivity contribution in [2.24, 2.45) is 0 Å². The highest BCUT2D eigenvalue weighted by Gasteiger charge is 2.41. The van der Waals surface area contributed by atoms with Gasteiger partial charge in [-0.25, -0.2) is 0 Å². The van der Waals surface area contributed by atoms with Crippen molar-refractivity contribution in [2.75, 3.05) is 19.6 Å². The van der Waals surface area contributed by atoms with E-state index in [1.807, 2.05) is 0 Å². The van der Waals surface area contributed by atoms with E-state index in [0.717, 1.165) is 26.1 Å². The van der Waals surface area contributed by atoms with Crippen LogP contribution in [0.5, 0.6) is 0 Å². The maximum Gasteiger partial charge on any atom is 0.0718 e. The van der Waals surface area contributed by atoms with Gasteiger partial charge in [-0.05, 0) is 43.0 Å². The Labute approximate surface area is 173 Å². The van der Waals surface area contributed by atoms with Crippen molar-refractivity contribution in [3.63, 3.8) is 0 Å². The lowest BCUT2D eigenvalue weighted by Gasteiger charge is -2.46. The first-order chi connectivity index (χ1) is 12.3. The highest BCUT2D eigenvalue weighted by molar-refractivity contribution is 5.86. The third kappa shape index (κ3) is 3.62. The van der Waals surface area contributed by atoms with E-state index in [-0.39, 0.29) is 30.4 Å². The first kappa shape index (κ1) is 20.2. The van der Waals surface area contributed by atoms with Crippen LogP contribution >= 0.6 is 24.8 Å². The molecule has 1 aromatic heterocycles. The lowest BCUT2D eigenvalue weighted by Crippen LogP contribution is -2.57. The van der Waals surface area contributed by atoms with Crippen molar-refractivity contribution >= 4 is 35.7 Å². The average Bonchev–Trinajstić information content (AvgIpc) is 3.04. The molecule has 1 fully saturated rings. The van der Waals surface area contributed by atoms with Gasteiger partial charge in [0.05, 0.1) is 5.54 Å². The van der Waals surface area contributed by atoms with Crippen molar-refractivity contribution < 1.29 is 0 Å². The Kier molecular flexibility index (Phi) is 6.17. The summed E-state index contributed by atoms with van der Waals surface area (Å²) in [6.45, 7) is 4.39. The highest BCUT2D eigenvalue weighted by atomic mass is 35.5. The molecular weight excluding hydrogens is 377 g/mol. The van der Waals surface area contributed by atoms with Crippen molar-refractivity contribution in [1.29, 1.82) is 0 Å². The maximum absolute atomic E-state index is 3.89. The minimum atomic E-state index is 0. The SMILES string of the molecule is Cl.Cl.c1ccc(CN2CCCC3(C2)NCCc2c3[nH]c3ccccc23)cc1. The first-order valence-corrected chi connectivity index (χ1v) is 9.45. The number of H-pyrrole nitrogens is 1. The number of aromatic nitrogens is 1. The lowest BCUT2D eigenvalue weighted by atomic mass is 9.80. The van der Waals surface area contributed by atoms with Gasteiger partial charge >= 0.3 is 0 Å². The molecule has 0 aliphatic carbocycles. The second-order valence-corrected chi connectivity index (χ2v) is 7.58. The van der Waals surface area contributed by atoms with Crippen LogP contribution in [0.4, 0.5) is 0 Å². The van der Waals surface area contributed by atoms with Crippen molar-refractivity contribution in [2.45, 2.75) is 31.3 Å². The van der Waals surface area contributed by atoms with Gasteiger partial charge in [-0.3, -0.25) is 4.90 Å². The fourth-order valence-electron chi connectivity index (χ4n) is 4.85. The monoisotopic (exact) mass is 403 g/mol. The van der Waals surface area contributed by atoms with Crippen LogP contribution in [0.2, 0.25) is 0 Å². The summed E-state index contributed by atoms with van der Waals surface area (Å²) in [6, 6.07) is 19.6. The zero-order valence-corrected chi connectivity index (χ0v) is 17.0. The number of benzene rings is 2. The normalized spacial score (nSPS) is 22.1. The Hall–Kier alpha value is -1.52. The van der Waals surface area contributed by atoms with Crippen molar-refractivity contribution in [3.05, 3.63) is 71.4 Å². The molecule has 5 heteroatoms. The standard InChI is InChI=1S/C22H25N3.2ClH/c1-2-7-17(8-3-1)15-25-14-6-12-22(16-25)21-19(11-13-23-22)18-9-4-5-10-20(18)24-21;;/h1-5,7-10,23-24H,6,11-16H2;2*1H. The molecule has 2 aliphatic heterocycles. The summed E-state index contributed by atoms with van der Waals surface area (Å²) in [5.74, 6) is 0. The molecule has 3 aromatic rings. The zero-order chi connectivity index (χ0) is 16.7. The van der Waals surface area contributed by atoms with Gasteiger partial charge < -0.3 is 10.3 Å². The number of fused-ring (bicyclic) bond motifs is 4. The van der Waals surface area contributed by atoms with Crippen LogP contribution in [0.3, 0.4) is 0 Å². The fourth-order valence-corrected chi connectivity index (χ4v) is 4.85. The Morgan fingerprint density at radius 1 is 0.963 bits per heavy atom. The molecule has 1 spiro atoms. The van der Waals surface area contributed by atoms with E-state index in [0.29, 0.717) is 0 Å². The number of rotatable bonds is 2. The molecule has 2 aromatic carbocycles. The number of piperidine rings is 1. The summed E-state index contributed by atoms with van der Waals surface area (Å²) < 4.78 is 0. The number of aromatic amines is 1. The smallest absolute Gasteiger partial charge is 0.0718 e. The molecule has 27 heavy (non-hydrogen) atoms. The minimum absolute atomic E-state index is 0. The third-order valence-electron chi connectivity index (χ3n) is 5.95. The molecular formula is C22H27Cl2N3. The molecule has 2 aliphatic rings. The third-order valence-corrected chi connectivity index (χ3v) is 5.95. The topological polar surface area (TPSA) is 31.1 Å². The van der Waals surface area contributed by atoms with Crippen molar-refractivity contribution in [1.82, 2.24) is 15.2 Å². The summed E-state index contributed by atoms with van der Waals surface area (Å²) in [6.07, 6.45) is 3.59. The van der Waals surface area contributed by atoms with E-state index < -0.39 is 0 Å². The van der Waals surface area contributed by atoms with Crippen LogP contribution in [0, 0.1) is 0 Å². The van der Waals surface area contributed by atoms with Gasteiger partial charge in [-0.2, -0.15) is 0 Å². The number of likely N-dealkylation sites (tertiary alicyclic amines) is 1. The van der Waals surface area contributed by atoms with Gasteiger partial charge in [-0.1, -0.05) is 48.5 Å². The molecule has 3 nitrogen and oxygen atoms in total. The molecule has 3 heterocycles. The van der Waals surface area contributed by atoms with E-state index >= 15 is 0 Å². The van der Waals surface area contributed by atoms with Crippen LogP contribution in [0.15, 0.2) is 54.6 Å². The Morgan fingerprint density at radius 3 is 2.59 bits per heavy atom. The molecule has 1 unspecified atom stereocenters. The number of para-hydroxylation sites is 1.